The first-order valence-electron chi connectivity index (χ1n) is 5.64. The highest BCUT2D eigenvalue weighted by Crippen LogP contribution is 2.19. The maximum atomic E-state index is 12.1. The molecule has 8 heteroatoms. The molecule has 1 aromatic carbocycles. The molecule has 0 radical (unpaired) electrons. The second kappa shape index (κ2) is 6.05. The largest absolute Gasteiger partial charge is 0.244 e. The normalized spacial score (nSPS) is 13.2. The fraction of sp³-hybridized carbons (Fsp3) is 0.167. The molecule has 1 heterocycles. The minimum atomic E-state index is -3.71. The Morgan fingerprint density at radius 3 is 2.45 bits per heavy atom. The number of rotatable bonds is 4. The Bertz CT molecular complexity index is 705. The summed E-state index contributed by atoms with van der Waals surface area (Å²) in [7, 11) is -3.71. The Labute approximate surface area is 127 Å². The van der Waals surface area contributed by atoms with Crippen LogP contribution < -0.4 is 4.72 Å². The van der Waals surface area contributed by atoms with Crippen LogP contribution in [0.25, 0.3) is 0 Å². The molecule has 5 nitrogen and oxygen atoms in total. The molecule has 0 aliphatic rings. The number of nitrogens with zero attached hydrogens (tertiary/aromatic N) is 2. The third-order valence-electron chi connectivity index (χ3n) is 2.59. The molecular formula is C12H11Cl2N3O2S. The standard InChI is InChI=1S/C12H11Cl2N3O2S/c1-8(9-3-2-4-10(13)5-9)17-20(18,19)11-6-15-12(14)16-7-11/h2-8,17H,1H3. The molecule has 2 aromatic rings. The average molecular weight is 332 g/mol. The van der Waals surface area contributed by atoms with Gasteiger partial charge in [0.2, 0.25) is 15.3 Å². The van der Waals surface area contributed by atoms with Gasteiger partial charge in [0.05, 0.1) is 12.4 Å². The minimum Gasteiger partial charge on any atom is -0.225 e. The van der Waals surface area contributed by atoms with Gasteiger partial charge in [0.15, 0.2) is 0 Å². The van der Waals surface area contributed by atoms with Crippen LogP contribution in [0, 0.1) is 0 Å². The third-order valence-corrected chi connectivity index (χ3v) is 4.51. The Hall–Kier alpha value is -1.21. The van der Waals surface area contributed by atoms with E-state index in [1.807, 2.05) is 0 Å². The van der Waals surface area contributed by atoms with Crippen molar-refractivity contribution in [3.8, 4) is 0 Å². The molecule has 20 heavy (non-hydrogen) atoms. The number of sulfonamides is 1. The zero-order valence-corrected chi connectivity index (χ0v) is 12.7. The molecule has 1 unspecified atom stereocenters. The van der Waals surface area contributed by atoms with Gasteiger partial charge in [-0.25, -0.2) is 23.1 Å². The van der Waals surface area contributed by atoms with Gasteiger partial charge in [0, 0.05) is 11.1 Å². The van der Waals surface area contributed by atoms with Crippen LogP contribution in [0.15, 0.2) is 41.6 Å². The summed E-state index contributed by atoms with van der Waals surface area (Å²) >= 11 is 11.4. The minimum absolute atomic E-state index is 0.00756. The van der Waals surface area contributed by atoms with Crippen molar-refractivity contribution in [2.75, 3.05) is 0 Å². The van der Waals surface area contributed by atoms with Crippen LogP contribution in [0.4, 0.5) is 0 Å². The van der Waals surface area contributed by atoms with Crippen molar-refractivity contribution in [2.24, 2.45) is 0 Å². The molecule has 2 rings (SSSR count). The van der Waals surface area contributed by atoms with Crippen molar-refractivity contribution in [1.82, 2.24) is 14.7 Å². The summed E-state index contributed by atoms with van der Waals surface area (Å²) in [5, 5.41) is 0.537. The maximum absolute atomic E-state index is 12.1. The van der Waals surface area contributed by atoms with E-state index in [2.05, 4.69) is 14.7 Å². The third kappa shape index (κ3) is 3.67. The summed E-state index contributed by atoms with van der Waals surface area (Å²) in [6, 6.07) is 6.53. The first-order chi connectivity index (χ1) is 9.38. The zero-order chi connectivity index (χ0) is 14.8. The van der Waals surface area contributed by atoms with Crippen LogP contribution in [0.1, 0.15) is 18.5 Å². The second-order valence-corrected chi connectivity index (χ2v) is 6.57. The van der Waals surface area contributed by atoms with Gasteiger partial charge in [-0.15, -0.1) is 0 Å². The summed E-state index contributed by atoms with van der Waals surface area (Å²) in [6.07, 6.45) is 2.31. The number of hydrogen-bond acceptors (Lipinski definition) is 4. The van der Waals surface area contributed by atoms with Gasteiger partial charge in [-0.1, -0.05) is 23.7 Å². The molecule has 0 saturated heterocycles. The fourth-order valence-electron chi connectivity index (χ4n) is 1.58. The number of hydrogen-bond donors (Lipinski definition) is 1. The van der Waals surface area contributed by atoms with E-state index in [-0.39, 0.29) is 10.2 Å². The van der Waals surface area contributed by atoms with Crippen LogP contribution in [0.5, 0.6) is 0 Å². The monoisotopic (exact) mass is 331 g/mol. The molecule has 1 aromatic heterocycles. The maximum Gasteiger partial charge on any atom is 0.244 e. The molecular weight excluding hydrogens is 321 g/mol. The van der Waals surface area contributed by atoms with Gasteiger partial charge in [-0.2, -0.15) is 0 Å². The molecule has 0 bridgehead atoms. The van der Waals surface area contributed by atoms with E-state index in [9.17, 15) is 8.42 Å². The summed E-state index contributed by atoms with van der Waals surface area (Å²) in [5.41, 5.74) is 0.760. The van der Waals surface area contributed by atoms with E-state index in [1.165, 1.54) is 0 Å². The van der Waals surface area contributed by atoms with Gasteiger partial charge < -0.3 is 0 Å². The number of aromatic nitrogens is 2. The first-order valence-corrected chi connectivity index (χ1v) is 7.88. The van der Waals surface area contributed by atoms with Crippen LogP contribution in [0.2, 0.25) is 10.3 Å². The van der Waals surface area contributed by atoms with Gasteiger partial charge in [-0.05, 0) is 36.2 Å². The van der Waals surface area contributed by atoms with Crippen LogP contribution >= 0.6 is 23.2 Å². The van der Waals surface area contributed by atoms with E-state index in [1.54, 1.807) is 31.2 Å². The van der Waals surface area contributed by atoms with Gasteiger partial charge in [-0.3, -0.25) is 0 Å². The van der Waals surface area contributed by atoms with Crippen LogP contribution in [-0.2, 0) is 10.0 Å². The molecule has 0 saturated carbocycles. The molecule has 0 aliphatic heterocycles. The number of nitrogens with one attached hydrogen (secondary N) is 1. The summed E-state index contributed by atoms with van der Waals surface area (Å²) in [6.45, 7) is 1.72. The number of halogens is 2. The molecule has 1 N–H and O–H groups in total. The topological polar surface area (TPSA) is 72.0 Å². The summed E-state index contributed by atoms with van der Waals surface area (Å²) in [5.74, 6) is 0. The molecule has 0 spiro atoms. The van der Waals surface area contributed by atoms with E-state index in [0.29, 0.717) is 5.02 Å². The second-order valence-electron chi connectivity index (χ2n) is 4.09. The van der Waals surface area contributed by atoms with E-state index < -0.39 is 16.1 Å². The highest BCUT2D eigenvalue weighted by atomic mass is 35.5. The average Bonchev–Trinajstić information content (AvgIpc) is 2.38. The fourth-order valence-corrected chi connectivity index (χ4v) is 3.00. The lowest BCUT2D eigenvalue weighted by molar-refractivity contribution is 0.566. The predicted molar refractivity (Wildman–Crippen MR) is 77.2 cm³/mol. The van der Waals surface area contributed by atoms with Crippen LogP contribution in [-0.4, -0.2) is 18.4 Å². The Balaban J connectivity index is 2.22. The molecule has 0 fully saturated rings. The molecule has 0 amide bonds. The lowest BCUT2D eigenvalue weighted by Gasteiger charge is -2.14. The Morgan fingerprint density at radius 1 is 1.20 bits per heavy atom. The summed E-state index contributed by atoms with van der Waals surface area (Å²) < 4.78 is 26.8. The van der Waals surface area contributed by atoms with Crippen molar-refractivity contribution in [2.45, 2.75) is 17.9 Å². The zero-order valence-electron chi connectivity index (χ0n) is 10.4. The van der Waals surface area contributed by atoms with Crippen LogP contribution in [0.3, 0.4) is 0 Å². The summed E-state index contributed by atoms with van der Waals surface area (Å²) in [4.78, 5) is 7.26. The molecule has 0 aliphatic carbocycles. The Kier molecular flexibility index (Phi) is 4.59. The van der Waals surface area contributed by atoms with Crippen molar-refractivity contribution >= 4 is 33.2 Å². The van der Waals surface area contributed by atoms with Gasteiger partial charge in [0.1, 0.15) is 4.90 Å². The Morgan fingerprint density at radius 2 is 1.85 bits per heavy atom. The highest BCUT2D eigenvalue weighted by molar-refractivity contribution is 7.89. The number of benzene rings is 1. The van der Waals surface area contributed by atoms with Gasteiger partial charge >= 0.3 is 0 Å². The van der Waals surface area contributed by atoms with E-state index in [4.69, 9.17) is 23.2 Å². The van der Waals surface area contributed by atoms with E-state index in [0.717, 1.165) is 18.0 Å². The lowest BCUT2D eigenvalue weighted by Crippen LogP contribution is -2.27. The predicted octanol–water partition coefficient (Wildman–Crippen LogP) is 2.82. The van der Waals surface area contributed by atoms with Crippen molar-refractivity contribution in [1.29, 1.82) is 0 Å². The highest BCUT2D eigenvalue weighted by Gasteiger charge is 2.19. The quantitative estimate of drug-likeness (QED) is 0.874. The smallest absolute Gasteiger partial charge is 0.225 e. The van der Waals surface area contributed by atoms with Crippen molar-refractivity contribution in [3.63, 3.8) is 0 Å². The van der Waals surface area contributed by atoms with Gasteiger partial charge in [0.25, 0.3) is 0 Å². The van der Waals surface area contributed by atoms with Crippen molar-refractivity contribution < 1.29 is 8.42 Å². The lowest BCUT2D eigenvalue weighted by atomic mass is 10.1. The molecule has 106 valence electrons. The first kappa shape index (κ1) is 15.2. The van der Waals surface area contributed by atoms with Crippen molar-refractivity contribution in [3.05, 3.63) is 52.5 Å². The molecule has 1 atom stereocenters. The SMILES string of the molecule is CC(NS(=O)(=O)c1cnc(Cl)nc1)c1cccc(Cl)c1. The van der Waals surface area contributed by atoms with E-state index >= 15 is 0 Å².